The van der Waals surface area contributed by atoms with E-state index in [0.29, 0.717) is 17.6 Å². The lowest BCUT2D eigenvalue weighted by Gasteiger charge is -2.36. The van der Waals surface area contributed by atoms with Crippen LogP contribution in [0.25, 0.3) is 10.9 Å². The molecule has 6 heteroatoms. The zero-order chi connectivity index (χ0) is 15.7. The van der Waals surface area contributed by atoms with Gasteiger partial charge in [0.15, 0.2) is 0 Å². The highest BCUT2D eigenvalue weighted by Crippen LogP contribution is 2.33. The van der Waals surface area contributed by atoms with Crippen molar-refractivity contribution in [1.29, 1.82) is 0 Å². The van der Waals surface area contributed by atoms with E-state index in [0.717, 1.165) is 29.3 Å². The van der Waals surface area contributed by atoms with Crippen LogP contribution in [0.15, 0.2) is 34.9 Å². The number of aliphatic hydroxyl groups excluding tert-OH is 1. The standard InChI is InChI=1S/C16H17BrN2O3/c17-14-9-11(10-5-1-2-6-12(10)18-14)15(20)13-7-3-4-8-19(13)16(21)22/h1-2,5-6,9,13,15,20H,3-4,7-8H2,(H,21,22)/t13-,15+/m1/s1. The predicted octanol–water partition coefficient (Wildman–Crippen LogP) is 3.56. The molecule has 116 valence electrons. The summed E-state index contributed by atoms with van der Waals surface area (Å²) in [6, 6.07) is 8.94. The van der Waals surface area contributed by atoms with Crippen molar-refractivity contribution in [3.63, 3.8) is 0 Å². The summed E-state index contributed by atoms with van der Waals surface area (Å²) in [4.78, 5) is 17.2. The first-order valence-electron chi connectivity index (χ1n) is 7.31. The fourth-order valence-corrected chi connectivity index (χ4v) is 3.58. The zero-order valence-electron chi connectivity index (χ0n) is 11.9. The number of hydrogen-bond acceptors (Lipinski definition) is 3. The molecule has 1 aromatic carbocycles. The Morgan fingerprint density at radius 3 is 2.91 bits per heavy atom. The van der Waals surface area contributed by atoms with Gasteiger partial charge in [0, 0.05) is 11.9 Å². The lowest BCUT2D eigenvalue weighted by molar-refractivity contribution is 0.0292. The van der Waals surface area contributed by atoms with Crippen molar-refractivity contribution < 1.29 is 15.0 Å². The van der Waals surface area contributed by atoms with Crippen LogP contribution in [0.5, 0.6) is 0 Å². The maximum Gasteiger partial charge on any atom is 0.407 e. The summed E-state index contributed by atoms with van der Waals surface area (Å²) in [6.07, 6.45) is 0.607. The first kappa shape index (κ1) is 15.2. The second-order valence-corrected chi connectivity index (χ2v) is 6.35. The van der Waals surface area contributed by atoms with Crippen molar-refractivity contribution in [2.24, 2.45) is 0 Å². The Morgan fingerprint density at radius 1 is 1.36 bits per heavy atom. The van der Waals surface area contributed by atoms with Gasteiger partial charge in [-0.15, -0.1) is 0 Å². The number of para-hydroxylation sites is 1. The molecule has 0 unspecified atom stereocenters. The molecule has 2 heterocycles. The fraction of sp³-hybridized carbons (Fsp3) is 0.375. The van der Waals surface area contributed by atoms with Gasteiger partial charge in [0.2, 0.25) is 0 Å². The number of rotatable bonds is 2. The predicted molar refractivity (Wildman–Crippen MR) is 86.8 cm³/mol. The van der Waals surface area contributed by atoms with E-state index in [-0.39, 0.29) is 0 Å². The molecule has 0 spiro atoms. The Kier molecular flexibility index (Phi) is 4.31. The first-order valence-corrected chi connectivity index (χ1v) is 8.10. The molecule has 1 saturated heterocycles. The summed E-state index contributed by atoms with van der Waals surface area (Å²) < 4.78 is 0.637. The summed E-state index contributed by atoms with van der Waals surface area (Å²) >= 11 is 3.37. The van der Waals surface area contributed by atoms with Gasteiger partial charge in [-0.2, -0.15) is 0 Å². The van der Waals surface area contributed by atoms with Crippen LogP contribution >= 0.6 is 15.9 Å². The minimum absolute atomic E-state index is 0.413. The molecule has 2 aromatic rings. The highest BCUT2D eigenvalue weighted by Gasteiger charge is 2.33. The molecule has 0 radical (unpaired) electrons. The molecule has 1 aromatic heterocycles. The number of aliphatic hydroxyl groups is 1. The van der Waals surface area contributed by atoms with Crippen LogP contribution < -0.4 is 0 Å². The third kappa shape index (κ3) is 2.80. The summed E-state index contributed by atoms with van der Waals surface area (Å²) in [6.45, 7) is 0.473. The average Bonchev–Trinajstić information content (AvgIpc) is 2.53. The van der Waals surface area contributed by atoms with Crippen LogP contribution in [0.1, 0.15) is 30.9 Å². The van der Waals surface area contributed by atoms with Crippen LogP contribution in [0.2, 0.25) is 0 Å². The van der Waals surface area contributed by atoms with E-state index in [9.17, 15) is 15.0 Å². The summed E-state index contributed by atoms with van der Waals surface area (Å²) in [7, 11) is 0. The normalized spacial score (nSPS) is 20.1. The molecule has 2 N–H and O–H groups in total. The molecule has 22 heavy (non-hydrogen) atoms. The van der Waals surface area contributed by atoms with Gasteiger partial charge in [-0.1, -0.05) is 18.2 Å². The third-order valence-electron chi connectivity index (χ3n) is 4.19. The molecule has 1 amide bonds. The highest BCUT2D eigenvalue weighted by atomic mass is 79.9. The Labute approximate surface area is 136 Å². The maximum atomic E-state index is 11.4. The Hall–Kier alpha value is -1.66. The largest absolute Gasteiger partial charge is 0.465 e. The summed E-state index contributed by atoms with van der Waals surface area (Å²) in [5.74, 6) is 0. The van der Waals surface area contributed by atoms with Crippen LogP contribution in [-0.2, 0) is 0 Å². The summed E-state index contributed by atoms with van der Waals surface area (Å²) in [5.41, 5.74) is 1.50. The van der Waals surface area contributed by atoms with Crippen molar-refractivity contribution in [3.8, 4) is 0 Å². The smallest absolute Gasteiger partial charge is 0.407 e. The van der Waals surface area contributed by atoms with Crippen LogP contribution in [0.3, 0.4) is 0 Å². The van der Waals surface area contributed by atoms with Gasteiger partial charge >= 0.3 is 6.09 Å². The van der Waals surface area contributed by atoms with E-state index in [1.807, 2.05) is 24.3 Å². The van der Waals surface area contributed by atoms with Gasteiger partial charge < -0.3 is 15.1 Å². The number of hydrogen-bond donors (Lipinski definition) is 2. The van der Waals surface area contributed by atoms with Crippen molar-refractivity contribution in [2.75, 3.05) is 6.54 Å². The van der Waals surface area contributed by atoms with Gasteiger partial charge in [-0.05, 0) is 52.9 Å². The lowest BCUT2D eigenvalue weighted by atomic mass is 9.91. The quantitative estimate of drug-likeness (QED) is 0.798. The minimum atomic E-state index is -0.971. The Bertz CT molecular complexity index is 707. The number of aromatic nitrogens is 1. The number of carbonyl (C=O) groups is 1. The minimum Gasteiger partial charge on any atom is -0.465 e. The maximum absolute atomic E-state index is 11.4. The highest BCUT2D eigenvalue weighted by molar-refractivity contribution is 9.10. The summed E-state index contributed by atoms with van der Waals surface area (Å²) in [5, 5.41) is 21.1. The van der Waals surface area contributed by atoms with Crippen molar-refractivity contribution in [2.45, 2.75) is 31.4 Å². The van der Waals surface area contributed by atoms with E-state index >= 15 is 0 Å². The number of halogens is 1. The van der Waals surface area contributed by atoms with E-state index in [4.69, 9.17) is 0 Å². The second kappa shape index (κ2) is 6.22. The van der Waals surface area contributed by atoms with Crippen LogP contribution in [0, 0.1) is 0 Å². The van der Waals surface area contributed by atoms with Crippen molar-refractivity contribution >= 4 is 32.9 Å². The van der Waals surface area contributed by atoms with Crippen LogP contribution in [-0.4, -0.2) is 38.8 Å². The number of piperidine rings is 1. The molecule has 5 nitrogen and oxygen atoms in total. The fourth-order valence-electron chi connectivity index (χ4n) is 3.14. The average molecular weight is 365 g/mol. The molecule has 0 bridgehead atoms. The van der Waals surface area contributed by atoms with E-state index < -0.39 is 18.2 Å². The molecular weight excluding hydrogens is 348 g/mol. The number of benzene rings is 1. The van der Waals surface area contributed by atoms with Gasteiger partial charge in [0.05, 0.1) is 11.6 Å². The lowest BCUT2D eigenvalue weighted by Crippen LogP contribution is -2.46. The molecule has 1 aliphatic heterocycles. The van der Waals surface area contributed by atoms with Gasteiger partial charge in [-0.25, -0.2) is 9.78 Å². The van der Waals surface area contributed by atoms with Gasteiger partial charge in [-0.3, -0.25) is 0 Å². The molecule has 1 aliphatic rings. The Balaban J connectivity index is 2.04. The SMILES string of the molecule is O=C(O)N1CCCC[C@@H]1[C@@H](O)c1cc(Br)nc2ccccc12. The molecule has 1 fully saturated rings. The van der Waals surface area contributed by atoms with Gasteiger partial charge in [0.1, 0.15) is 10.7 Å². The number of pyridine rings is 1. The number of amides is 1. The van der Waals surface area contributed by atoms with E-state index in [1.54, 1.807) is 6.07 Å². The van der Waals surface area contributed by atoms with Crippen LogP contribution in [0.4, 0.5) is 4.79 Å². The molecular formula is C16H17BrN2O3. The van der Waals surface area contributed by atoms with Crippen molar-refractivity contribution in [1.82, 2.24) is 9.88 Å². The molecule has 0 saturated carbocycles. The molecule has 2 atom stereocenters. The van der Waals surface area contributed by atoms with Gasteiger partial charge in [0.25, 0.3) is 0 Å². The number of fused-ring (bicyclic) bond motifs is 1. The van der Waals surface area contributed by atoms with E-state index in [1.165, 1.54) is 4.90 Å². The third-order valence-corrected chi connectivity index (χ3v) is 4.60. The molecule has 3 rings (SSSR count). The van der Waals surface area contributed by atoms with E-state index in [2.05, 4.69) is 20.9 Å². The second-order valence-electron chi connectivity index (χ2n) is 5.54. The first-order chi connectivity index (χ1) is 10.6. The monoisotopic (exact) mass is 364 g/mol. The zero-order valence-corrected chi connectivity index (χ0v) is 13.5. The topological polar surface area (TPSA) is 73.7 Å². The number of likely N-dealkylation sites (tertiary alicyclic amines) is 1. The number of carboxylic acid groups (broad SMARTS) is 1. The van der Waals surface area contributed by atoms with Crippen molar-refractivity contribution in [3.05, 3.63) is 40.5 Å². The number of nitrogens with zero attached hydrogens (tertiary/aromatic N) is 2. The Morgan fingerprint density at radius 2 is 2.14 bits per heavy atom. The molecule has 0 aliphatic carbocycles.